The van der Waals surface area contributed by atoms with Crippen molar-refractivity contribution in [3.8, 4) is 5.75 Å². The molecule has 2 aromatic carbocycles. The summed E-state index contributed by atoms with van der Waals surface area (Å²) in [6, 6.07) is 9.73. The van der Waals surface area contributed by atoms with E-state index in [1.807, 2.05) is 13.8 Å². The van der Waals surface area contributed by atoms with Gasteiger partial charge in [-0.2, -0.15) is 0 Å². The smallest absolute Gasteiger partial charge is 0.246 e. The molecule has 0 aliphatic heterocycles. The molecule has 1 amide bonds. The minimum absolute atomic E-state index is 0.0724. The Morgan fingerprint density at radius 2 is 1.91 bits per heavy atom. The number of carbonyl (C=O) groups is 1. The van der Waals surface area contributed by atoms with E-state index in [2.05, 4.69) is 30.9 Å². The molecule has 2 heterocycles. The van der Waals surface area contributed by atoms with E-state index in [1.165, 1.54) is 30.3 Å². The number of aromatic nitrogens is 5. The number of methoxy groups -OCH3 is 1. The summed E-state index contributed by atoms with van der Waals surface area (Å²) in [6.45, 7) is 4.11. The van der Waals surface area contributed by atoms with Crippen LogP contribution in [0.15, 0.2) is 48.9 Å². The number of nitrogens with zero attached hydrogens (tertiary/aromatic N) is 5. The van der Waals surface area contributed by atoms with Crippen LogP contribution in [0, 0.1) is 5.82 Å². The van der Waals surface area contributed by atoms with Crippen LogP contribution in [0.3, 0.4) is 0 Å². The number of hydrogen-bond donors (Lipinski definition) is 2. The topological polar surface area (TPSA) is 107 Å². The maximum absolute atomic E-state index is 13.8. The van der Waals surface area contributed by atoms with Gasteiger partial charge in [-0.25, -0.2) is 19.0 Å². The molecule has 2 N–H and O–H groups in total. The molecular formula is C22H22FN7O2. The maximum atomic E-state index is 13.8. The van der Waals surface area contributed by atoms with Crippen molar-refractivity contribution in [2.24, 2.45) is 0 Å². The average Bonchev–Trinajstić information content (AvgIpc) is 3.23. The van der Waals surface area contributed by atoms with Gasteiger partial charge in [0.05, 0.1) is 23.7 Å². The lowest BCUT2D eigenvalue weighted by Crippen LogP contribution is -2.19. The highest BCUT2D eigenvalue weighted by Crippen LogP contribution is 2.32. The number of ether oxygens (including phenoxy) is 1. The van der Waals surface area contributed by atoms with Gasteiger partial charge in [0.1, 0.15) is 30.3 Å². The summed E-state index contributed by atoms with van der Waals surface area (Å²) < 4.78 is 20.6. The highest BCUT2D eigenvalue weighted by atomic mass is 19.1. The van der Waals surface area contributed by atoms with Gasteiger partial charge in [-0.3, -0.25) is 4.79 Å². The van der Waals surface area contributed by atoms with Crippen LogP contribution in [0.5, 0.6) is 5.75 Å². The van der Waals surface area contributed by atoms with Crippen molar-refractivity contribution in [3.05, 3.63) is 60.4 Å². The van der Waals surface area contributed by atoms with E-state index in [1.54, 1.807) is 30.5 Å². The molecule has 0 atom stereocenters. The molecule has 0 saturated heterocycles. The molecule has 10 heteroatoms. The molecule has 164 valence electrons. The largest absolute Gasteiger partial charge is 0.496 e. The van der Waals surface area contributed by atoms with Crippen LogP contribution in [-0.2, 0) is 11.3 Å². The quantitative estimate of drug-likeness (QED) is 0.454. The molecule has 4 rings (SSSR count). The number of amides is 1. The van der Waals surface area contributed by atoms with Crippen LogP contribution >= 0.6 is 0 Å². The Hall–Kier alpha value is -4.08. The van der Waals surface area contributed by atoms with Gasteiger partial charge in [0, 0.05) is 29.7 Å². The number of halogens is 1. The van der Waals surface area contributed by atoms with Gasteiger partial charge in [-0.05, 0) is 30.2 Å². The van der Waals surface area contributed by atoms with Crippen molar-refractivity contribution < 1.29 is 13.9 Å². The number of anilines is 3. The first-order valence-corrected chi connectivity index (χ1v) is 9.98. The van der Waals surface area contributed by atoms with Crippen LogP contribution in [0.25, 0.3) is 10.9 Å². The Labute approximate surface area is 183 Å². The van der Waals surface area contributed by atoms with E-state index in [9.17, 15) is 9.18 Å². The third-order valence-corrected chi connectivity index (χ3v) is 4.77. The maximum Gasteiger partial charge on any atom is 0.246 e. The monoisotopic (exact) mass is 435 g/mol. The van der Waals surface area contributed by atoms with Gasteiger partial charge < -0.3 is 15.4 Å². The fraction of sp³-hybridized carbons (Fsp3) is 0.227. The second-order valence-corrected chi connectivity index (χ2v) is 7.47. The summed E-state index contributed by atoms with van der Waals surface area (Å²) in [5.74, 6) is 0.416. The van der Waals surface area contributed by atoms with E-state index >= 15 is 0 Å². The molecule has 2 aromatic heterocycles. The Morgan fingerprint density at radius 1 is 1.16 bits per heavy atom. The number of nitrogens with one attached hydrogen (secondary N) is 2. The predicted octanol–water partition coefficient (Wildman–Crippen LogP) is 3.87. The van der Waals surface area contributed by atoms with Crippen LogP contribution in [-0.4, -0.2) is 38.0 Å². The molecule has 0 radical (unpaired) electrons. The van der Waals surface area contributed by atoms with Crippen molar-refractivity contribution in [2.45, 2.75) is 26.3 Å². The normalized spacial score (nSPS) is 11.0. The van der Waals surface area contributed by atoms with E-state index in [0.29, 0.717) is 28.2 Å². The molecule has 32 heavy (non-hydrogen) atoms. The SMILES string of the molecule is COc1cc(F)cc2ncnc(Nc3ccc(NC(=O)Cn4cc(C(C)C)nn4)cc3)c12. The fourth-order valence-corrected chi connectivity index (χ4v) is 3.15. The first-order chi connectivity index (χ1) is 15.4. The molecule has 0 spiro atoms. The summed E-state index contributed by atoms with van der Waals surface area (Å²) >= 11 is 0. The number of hydrogen-bond acceptors (Lipinski definition) is 7. The molecular weight excluding hydrogens is 413 g/mol. The highest BCUT2D eigenvalue weighted by Gasteiger charge is 2.13. The van der Waals surface area contributed by atoms with Gasteiger partial charge in [0.25, 0.3) is 0 Å². The summed E-state index contributed by atoms with van der Waals surface area (Å²) in [7, 11) is 1.46. The first kappa shape index (κ1) is 21.2. The molecule has 0 unspecified atom stereocenters. The van der Waals surface area contributed by atoms with E-state index in [-0.39, 0.29) is 18.4 Å². The van der Waals surface area contributed by atoms with Gasteiger partial charge in [0.2, 0.25) is 5.91 Å². The zero-order valence-electron chi connectivity index (χ0n) is 17.8. The van der Waals surface area contributed by atoms with Crippen LogP contribution < -0.4 is 15.4 Å². The number of benzene rings is 2. The van der Waals surface area contributed by atoms with E-state index in [0.717, 1.165) is 11.4 Å². The van der Waals surface area contributed by atoms with Crippen LogP contribution in [0.4, 0.5) is 21.6 Å². The number of carbonyl (C=O) groups excluding carboxylic acids is 1. The van der Waals surface area contributed by atoms with Crippen molar-refractivity contribution in [1.29, 1.82) is 0 Å². The van der Waals surface area contributed by atoms with Crippen LogP contribution in [0.2, 0.25) is 0 Å². The lowest BCUT2D eigenvalue weighted by atomic mass is 10.2. The third-order valence-electron chi connectivity index (χ3n) is 4.77. The zero-order valence-corrected chi connectivity index (χ0v) is 17.8. The van der Waals surface area contributed by atoms with E-state index in [4.69, 9.17) is 4.74 Å². The van der Waals surface area contributed by atoms with E-state index < -0.39 is 5.82 Å². The first-order valence-electron chi connectivity index (χ1n) is 9.98. The molecule has 0 aliphatic rings. The van der Waals surface area contributed by atoms with Gasteiger partial charge in [-0.15, -0.1) is 5.10 Å². The Kier molecular flexibility index (Phi) is 5.93. The van der Waals surface area contributed by atoms with Gasteiger partial charge >= 0.3 is 0 Å². The second-order valence-electron chi connectivity index (χ2n) is 7.47. The Bertz CT molecular complexity index is 1260. The van der Waals surface area contributed by atoms with Crippen molar-refractivity contribution in [3.63, 3.8) is 0 Å². The Morgan fingerprint density at radius 3 is 2.59 bits per heavy atom. The van der Waals surface area contributed by atoms with Crippen molar-refractivity contribution in [2.75, 3.05) is 17.7 Å². The summed E-state index contributed by atoms with van der Waals surface area (Å²) in [5.41, 5.74) is 2.63. The second kappa shape index (κ2) is 8.96. The third kappa shape index (κ3) is 4.64. The lowest BCUT2D eigenvalue weighted by molar-refractivity contribution is -0.116. The fourth-order valence-electron chi connectivity index (χ4n) is 3.15. The molecule has 9 nitrogen and oxygen atoms in total. The summed E-state index contributed by atoms with van der Waals surface area (Å²) in [5, 5.41) is 14.6. The van der Waals surface area contributed by atoms with Crippen molar-refractivity contribution >= 4 is 34.0 Å². The standard InChI is InChI=1S/C22H22FN7O2/c1-13(2)18-10-30(29-28-18)11-20(31)26-15-4-6-16(7-5-15)27-22-21-17(24-12-25-22)8-14(23)9-19(21)32-3/h4-10,12-13H,11H2,1-3H3,(H,26,31)(H,24,25,27). The molecule has 4 aromatic rings. The highest BCUT2D eigenvalue weighted by molar-refractivity contribution is 5.96. The molecule has 0 saturated carbocycles. The number of rotatable bonds is 7. The molecule has 0 bridgehead atoms. The zero-order chi connectivity index (χ0) is 22.7. The Balaban J connectivity index is 1.45. The van der Waals surface area contributed by atoms with Crippen molar-refractivity contribution in [1.82, 2.24) is 25.0 Å². The summed E-state index contributed by atoms with van der Waals surface area (Å²) in [4.78, 5) is 20.7. The lowest BCUT2D eigenvalue weighted by Gasteiger charge is -2.12. The van der Waals surface area contributed by atoms with Crippen LogP contribution in [0.1, 0.15) is 25.5 Å². The number of fused-ring (bicyclic) bond motifs is 1. The van der Waals surface area contributed by atoms with Gasteiger partial charge in [0.15, 0.2) is 0 Å². The molecule has 0 aliphatic carbocycles. The predicted molar refractivity (Wildman–Crippen MR) is 119 cm³/mol. The minimum atomic E-state index is -0.439. The minimum Gasteiger partial charge on any atom is -0.496 e. The van der Waals surface area contributed by atoms with Gasteiger partial charge in [-0.1, -0.05) is 19.1 Å². The average molecular weight is 435 g/mol. The molecule has 0 fully saturated rings. The summed E-state index contributed by atoms with van der Waals surface area (Å²) in [6.07, 6.45) is 3.12.